The lowest BCUT2D eigenvalue weighted by Gasteiger charge is -2.16. The van der Waals surface area contributed by atoms with Crippen LogP contribution in [0.25, 0.3) is 0 Å². The van der Waals surface area contributed by atoms with Crippen LogP contribution >= 0.6 is 0 Å². The molecule has 2 aromatic rings. The summed E-state index contributed by atoms with van der Waals surface area (Å²) in [5.74, 6) is -1.61. The third-order valence-electron chi connectivity index (χ3n) is 7.33. The molecule has 0 spiro atoms. The van der Waals surface area contributed by atoms with Crippen LogP contribution in [0.4, 0.5) is 0 Å². The van der Waals surface area contributed by atoms with Crippen molar-refractivity contribution in [2.75, 3.05) is 19.1 Å². The van der Waals surface area contributed by atoms with E-state index >= 15 is 0 Å². The number of likely N-dealkylation sites (N-methyl/N-ethyl adjacent to an activating group) is 1. The van der Waals surface area contributed by atoms with Crippen LogP contribution < -0.4 is 5.73 Å². The predicted octanol–water partition coefficient (Wildman–Crippen LogP) is 6.11. The Bertz CT molecular complexity index is 1460. The van der Waals surface area contributed by atoms with E-state index < -0.39 is 40.1 Å². The van der Waals surface area contributed by atoms with Gasteiger partial charge in [0.2, 0.25) is 11.6 Å². The summed E-state index contributed by atoms with van der Waals surface area (Å²) in [5, 5.41) is 5.12. The highest BCUT2D eigenvalue weighted by molar-refractivity contribution is 7.85. The van der Waals surface area contributed by atoms with Gasteiger partial charge in [-0.15, -0.1) is 0 Å². The summed E-state index contributed by atoms with van der Waals surface area (Å²) < 4.78 is 11.2. The first-order chi connectivity index (χ1) is 22.4. The lowest BCUT2D eigenvalue weighted by Crippen LogP contribution is -2.34. The van der Waals surface area contributed by atoms with E-state index in [9.17, 15) is 28.2 Å². The van der Waals surface area contributed by atoms with Gasteiger partial charge in [-0.2, -0.15) is 5.10 Å². The Morgan fingerprint density at radius 1 is 0.771 bits per heavy atom. The molecule has 1 amide bonds. The first-order valence-corrected chi connectivity index (χ1v) is 18.4. The summed E-state index contributed by atoms with van der Waals surface area (Å²) in [6.07, 6.45) is 6.13. The number of Topliss-reactive ketones (excluding diaryl/α,β-unsaturated/α-hetero) is 4. The van der Waals surface area contributed by atoms with Gasteiger partial charge in [0.1, 0.15) is 5.78 Å². The molecule has 0 aromatic heterocycles. The monoisotopic (exact) mass is 683 g/mol. The van der Waals surface area contributed by atoms with Crippen LogP contribution in [0.5, 0.6) is 0 Å². The zero-order valence-corrected chi connectivity index (χ0v) is 32.0. The second-order valence-corrected chi connectivity index (χ2v) is 13.4. The fourth-order valence-corrected chi connectivity index (χ4v) is 5.79. The van der Waals surface area contributed by atoms with Gasteiger partial charge in [0.25, 0.3) is 5.78 Å². The second-order valence-electron chi connectivity index (χ2n) is 12.0. The third kappa shape index (κ3) is 14.2. The van der Waals surface area contributed by atoms with E-state index in [0.29, 0.717) is 29.7 Å². The molecule has 0 radical (unpaired) electrons. The number of hydrogen-bond donors (Lipinski definition) is 1. The molecule has 9 nitrogen and oxygen atoms in total. The standard InChI is InChI=1S/C18H26N2O3S.C15H21NO2.C5H10O/c1-7-14-9-12(3)10-15(8-2)16(14)17(21)18(22)20(5)19-13(4)11-24(6)23;1-5-11-7-9(3)8-12(6-2)13(11)15(18)14(17)10(4)16;1-3-4-5(2)6/h9-10H,7-8,11H2,1-6H3;7-8,10H,5-6,16H2,1-4H3;3-4H2,1-2H3. The van der Waals surface area contributed by atoms with E-state index in [1.165, 1.54) is 7.05 Å². The van der Waals surface area contributed by atoms with Gasteiger partial charge < -0.3 is 10.5 Å². The van der Waals surface area contributed by atoms with Crippen molar-refractivity contribution in [3.63, 3.8) is 0 Å². The minimum Gasteiger partial charge on any atom is -0.321 e. The molecule has 0 fully saturated rings. The quantitative estimate of drug-likeness (QED) is 0.110. The molecule has 0 bridgehead atoms. The number of benzene rings is 2. The van der Waals surface area contributed by atoms with Crippen molar-refractivity contribution in [2.45, 2.75) is 114 Å². The normalized spacial score (nSPS) is 12.1. The number of amides is 1. The fraction of sp³-hybridized carbons (Fsp3) is 0.526. The van der Waals surface area contributed by atoms with Gasteiger partial charge in [-0.1, -0.05) is 70.0 Å². The molecule has 0 aliphatic rings. The maximum absolute atomic E-state index is 12.7. The van der Waals surface area contributed by atoms with Gasteiger partial charge in [-0.25, -0.2) is 5.01 Å². The number of rotatable bonds is 14. The number of hydrogen-bond acceptors (Lipinski definition) is 8. The molecule has 48 heavy (non-hydrogen) atoms. The van der Waals surface area contributed by atoms with Gasteiger partial charge in [-0.05, 0) is 89.0 Å². The Balaban J connectivity index is 0.000000808. The van der Waals surface area contributed by atoms with Crippen LogP contribution in [-0.4, -0.2) is 69.1 Å². The van der Waals surface area contributed by atoms with E-state index in [1.807, 2.05) is 72.7 Å². The molecule has 266 valence electrons. The molecule has 2 aromatic carbocycles. The van der Waals surface area contributed by atoms with E-state index in [1.54, 1.807) is 27.0 Å². The molecule has 2 atom stereocenters. The summed E-state index contributed by atoms with van der Waals surface area (Å²) in [6, 6.07) is 7.11. The largest absolute Gasteiger partial charge is 0.321 e. The van der Waals surface area contributed by atoms with Crippen molar-refractivity contribution in [1.82, 2.24) is 5.01 Å². The Hall–Kier alpha value is -3.63. The molecule has 0 saturated carbocycles. The van der Waals surface area contributed by atoms with Crippen molar-refractivity contribution in [1.29, 1.82) is 0 Å². The molecule has 0 aliphatic heterocycles. The molecule has 0 saturated heterocycles. The maximum atomic E-state index is 12.7. The van der Waals surface area contributed by atoms with Crippen molar-refractivity contribution in [2.24, 2.45) is 10.8 Å². The van der Waals surface area contributed by atoms with Crippen molar-refractivity contribution in [3.8, 4) is 0 Å². The van der Waals surface area contributed by atoms with Crippen molar-refractivity contribution < 1.29 is 28.2 Å². The first-order valence-electron chi connectivity index (χ1n) is 16.6. The summed E-state index contributed by atoms with van der Waals surface area (Å²) in [4.78, 5) is 59.3. The summed E-state index contributed by atoms with van der Waals surface area (Å²) in [5.41, 5.74) is 13.0. The van der Waals surface area contributed by atoms with Crippen LogP contribution in [0.2, 0.25) is 0 Å². The number of carbonyl (C=O) groups excluding carboxylic acids is 5. The van der Waals surface area contributed by atoms with Gasteiger partial charge in [0, 0.05) is 47.4 Å². The minimum absolute atomic E-state index is 0.275. The van der Waals surface area contributed by atoms with E-state index in [-0.39, 0.29) is 11.5 Å². The van der Waals surface area contributed by atoms with Crippen molar-refractivity contribution in [3.05, 3.63) is 68.8 Å². The predicted molar refractivity (Wildman–Crippen MR) is 198 cm³/mol. The van der Waals surface area contributed by atoms with Crippen LogP contribution in [0, 0.1) is 13.8 Å². The lowest BCUT2D eigenvalue weighted by molar-refractivity contribution is -0.125. The number of hydrazone groups is 1. The summed E-state index contributed by atoms with van der Waals surface area (Å²) in [6.45, 7) is 18.8. The SMILES string of the molecule is CCCC(C)=O.CCc1cc(C)cc(CC)c1C(=O)C(=O)C(C)N.CCc1cc(C)cc(CC)c1C(=O)C(=O)N(C)N=C(C)CS(C)=O. The Morgan fingerprint density at radius 2 is 1.15 bits per heavy atom. The topological polar surface area (TPSA) is 144 Å². The fourth-order valence-electron chi connectivity index (χ4n) is 5.14. The molecule has 0 aliphatic carbocycles. The van der Waals surface area contributed by atoms with Crippen LogP contribution in [-0.2, 0) is 50.9 Å². The van der Waals surface area contributed by atoms with Gasteiger partial charge >= 0.3 is 5.91 Å². The third-order valence-corrected chi connectivity index (χ3v) is 8.15. The highest BCUT2D eigenvalue weighted by Gasteiger charge is 2.26. The average Bonchev–Trinajstić information content (AvgIpc) is 3.02. The number of carbonyl (C=O) groups is 5. The highest BCUT2D eigenvalue weighted by Crippen LogP contribution is 2.22. The first kappa shape index (κ1) is 44.4. The molecular formula is C38H57N3O6S. The molecular weight excluding hydrogens is 627 g/mol. The van der Waals surface area contributed by atoms with Crippen molar-refractivity contribution >= 4 is 45.6 Å². The smallest absolute Gasteiger partial charge is 0.314 e. The molecule has 2 unspecified atom stereocenters. The molecule has 2 rings (SSSR count). The maximum Gasteiger partial charge on any atom is 0.314 e. The highest BCUT2D eigenvalue weighted by atomic mass is 32.2. The Kier molecular flexibility index (Phi) is 20.4. The van der Waals surface area contributed by atoms with E-state index in [2.05, 4.69) is 5.10 Å². The number of ketones is 4. The van der Waals surface area contributed by atoms with Gasteiger partial charge in [0.15, 0.2) is 0 Å². The van der Waals surface area contributed by atoms with Gasteiger partial charge in [-0.3, -0.25) is 23.4 Å². The summed E-state index contributed by atoms with van der Waals surface area (Å²) >= 11 is 0. The van der Waals surface area contributed by atoms with Crippen LogP contribution in [0.15, 0.2) is 29.4 Å². The summed E-state index contributed by atoms with van der Waals surface area (Å²) in [7, 11) is 0.414. The number of nitrogens with zero attached hydrogens (tertiary/aromatic N) is 2. The van der Waals surface area contributed by atoms with Crippen LogP contribution in [0.3, 0.4) is 0 Å². The molecule has 0 heterocycles. The van der Waals surface area contributed by atoms with Crippen LogP contribution in [0.1, 0.15) is 122 Å². The average molecular weight is 684 g/mol. The Morgan fingerprint density at radius 3 is 1.42 bits per heavy atom. The zero-order valence-electron chi connectivity index (χ0n) is 31.2. The molecule has 2 N–H and O–H groups in total. The second kappa shape index (κ2) is 22.1. The number of aryl methyl sites for hydroxylation is 6. The minimum atomic E-state index is -1.04. The van der Waals surface area contributed by atoms with Gasteiger partial charge in [0.05, 0.1) is 11.8 Å². The van der Waals surface area contributed by atoms with E-state index in [4.69, 9.17) is 5.73 Å². The molecule has 10 heteroatoms. The number of nitrogens with two attached hydrogens (primary N) is 1. The van der Waals surface area contributed by atoms with E-state index in [0.717, 1.165) is 64.1 Å². The Labute approximate surface area is 290 Å². The zero-order chi connectivity index (χ0) is 37.3. The lowest BCUT2D eigenvalue weighted by atomic mass is 9.90.